The topological polar surface area (TPSA) is 38.1 Å². The van der Waals surface area contributed by atoms with Gasteiger partial charge in [0.2, 0.25) is 0 Å². The van der Waals surface area contributed by atoms with Crippen LogP contribution in [0.1, 0.15) is 83.6 Å². The molecule has 0 fully saturated rings. The quantitative estimate of drug-likeness (QED) is 0.600. The molecule has 0 saturated carbocycles. The van der Waals surface area contributed by atoms with Crippen molar-refractivity contribution in [2.75, 3.05) is 0 Å². The highest BCUT2D eigenvalue weighted by molar-refractivity contribution is 4.96. The molecule has 1 atom stereocenters. The Morgan fingerprint density at radius 3 is 2.42 bits per heavy atom. The summed E-state index contributed by atoms with van der Waals surface area (Å²) in [6.45, 7) is 5.34. The maximum atomic E-state index is 10.2. The molecule has 110 valence electrons. The summed E-state index contributed by atoms with van der Waals surface area (Å²) in [7, 11) is 0. The van der Waals surface area contributed by atoms with Gasteiger partial charge in [0.15, 0.2) is 0 Å². The molecule has 3 heteroatoms. The molecule has 1 aromatic rings. The van der Waals surface area contributed by atoms with Crippen LogP contribution in [0.4, 0.5) is 0 Å². The minimum absolute atomic E-state index is 0.391. The molecule has 0 amide bonds. The van der Waals surface area contributed by atoms with E-state index in [1.807, 2.05) is 6.20 Å². The van der Waals surface area contributed by atoms with Gasteiger partial charge in [-0.1, -0.05) is 58.8 Å². The fraction of sp³-hybridized carbons (Fsp3) is 0.812. The molecular weight excluding hydrogens is 236 g/mol. The number of rotatable bonds is 11. The third-order valence-electron chi connectivity index (χ3n) is 3.59. The lowest BCUT2D eigenvalue weighted by Crippen LogP contribution is -2.08. The van der Waals surface area contributed by atoms with E-state index in [1.165, 1.54) is 38.5 Å². The summed E-state index contributed by atoms with van der Waals surface area (Å²) in [4.78, 5) is 4.29. The van der Waals surface area contributed by atoms with Crippen LogP contribution in [0.5, 0.6) is 0 Å². The highest BCUT2D eigenvalue weighted by Crippen LogP contribution is 2.19. The van der Waals surface area contributed by atoms with Crippen molar-refractivity contribution in [2.45, 2.75) is 84.3 Å². The predicted molar refractivity (Wildman–Crippen MR) is 80.1 cm³/mol. The van der Waals surface area contributed by atoms with Gasteiger partial charge in [0.25, 0.3) is 0 Å². The molecule has 19 heavy (non-hydrogen) atoms. The molecule has 0 spiro atoms. The number of imidazole rings is 1. The van der Waals surface area contributed by atoms with Gasteiger partial charge in [0, 0.05) is 18.9 Å². The van der Waals surface area contributed by atoms with Crippen molar-refractivity contribution in [3.05, 3.63) is 18.2 Å². The van der Waals surface area contributed by atoms with E-state index in [0.717, 1.165) is 31.6 Å². The first-order valence-electron chi connectivity index (χ1n) is 7.98. The number of aliphatic hydroxyl groups excluding tert-OH is 1. The van der Waals surface area contributed by atoms with E-state index in [2.05, 4.69) is 23.4 Å². The van der Waals surface area contributed by atoms with Crippen molar-refractivity contribution in [3.8, 4) is 0 Å². The highest BCUT2D eigenvalue weighted by atomic mass is 16.3. The number of aromatic nitrogens is 2. The monoisotopic (exact) mass is 266 g/mol. The molecule has 0 aliphatic carbocycles. The molecule has 1 unspecified atom stereocenters. The van der Waals surface area contributed by atoms with Crippen LogP contribution in [0.3, 0.4) is 0 Å². The normalized spacial score (nSPS) is 12.8. The fourth-order valence-corrected chi connectivity index (χ4v) is 2.47. The Morgan fingerprint density at radius 1 is 1.05 bits per heavy atom. The molecule has 0 saturated heterocycles. The van der Waals surface area contributed by atoms with Crippen LogP contribution in [0, 0.1) is 0 Å². The Labute approximate surface area is 118 Å². The molecule has 3 nitrogen and oxygen atoms in total. The van der Waals surface area contributed by atoms with Crippen LogP contribution in [-0.4, -0.2) is 14.7 Å². The van der Waals surface area contributed by atoms with Crippen molar-refractivity contribution in [2.24, 2.45) is 0 Å². The zero-order chi connectivity index (χ0) is 13.9. The number of aliphatic hydroxyl groups is 1. The van der Waals surface area contributed by atoms with Gasteiger partial charge in [-0.05, 0) is 12.8 Å². The van der Waals surface area contributed by atoms with Crippen molar-refractivity contribution in [3.63, 3.8) is 0 Å². The van der Waals surface area contributed by atoms with Gasteiger partial charge in [-0.15, -0.1) is 0 Å². The van der Waals surface area contributed by atoms with Crippen LogP contribution in [-0.2, 0) is 6.54 Å². The number of hydrogen-bond acceptors (Lipinski definition) is 2. The van der Waals surface area contributed by atoms with E-state index in [0.29, 0.717) is 0 Å². The van der Waals surface area contributed by atoms with Crippen molar-refractivity contribution in [1.29, 1.82) is 0 Å². The van der Waals surface area contributed by atoms with Gasteiger partial charge in [-0.3, -0.25) is 0 Å². The summed E-state index contributed by atoms with van der Waals surface area (Å²) < 4.78 is 2.08. The average molecular weight is 266 g/mol. The highest BCUT2D eigenvalue weighted by Gasteiger charge is 2.12. The lowest BCUT2D eigenvalue weighted by Gasteiger charge is -2.12. The van der Waals surface area contributed by atoms with Gasteiger partial charge >= 0.3 is 0 Å². The van der Waals surface area contributed by atoms with Crippen LogP contribution in [0.15, 0.2) is 12.4 Å². The molecule has 0 radical (unpaired) electrons. The lowest BCUT2D eigenvalue weighted by molar-refractivity contribution is 0.149. The summed E-state index contributed by atoms with van der Waals surface area (Å²) in [5, 5.41) is 10.2. The van der Waals surface area contributed by atoms with E-state index in [9.17, 15) is 5.11 Å². The lowest BCUT2D eigenvalue weighted by atomic mass is 10.1. The maximum absolute atomic E-state index is 10.2. The van der Waals surface area contributed by atoms with Crippen LogP contribution >= 0.6 is 0 Å². The number of hydrogen-bond donors (Lipinski definition) is 1. The Kier molecular flexibility index (Phi) is 8.55. The standard InChI is InChI=1S/C16H30N2O/c1-3-5-6-7-8-9-10-11-15(19)16-17-12-14-18(16)13-4-2/h12,14-15,19H,3-11,13H2,1-2H3. The van der Waals surface area contributed by atoms with Gasteiger partial charge in [-0.2, -0.15) is 0 Å². The van der Waals surface area contributed by atoms with Crippen molar-refractivity contribution < 1.29 is 5.11 Å². The summed E-state index contributed by atoms with van der Waals surface area (Å²) in [6, 6.07) is 0. The molecule has 0 aliphatic heterocycles. The number of nitrogens with zero attached hydrogens (tertiary/aromatic N) is 2. The van der Waals surface area contributed by atoms with E-state index in [4.69, 9.17) is 0 Å². The van der Waals surface area contributed by atoms with E-state index < -0.39 is 6.10 Å². The second-order valence-electron chi connectivity index (χ2n) is 5.40. The summed E-state index contributed by atoms with van der Waals surface area (Å²) >= 11 is 0. The Bertz CT molecular complexity index is 322. The Morgan fingerprint density at radius 2 is 1.74 bits per heavy atom. The Hall–Kier alpha value is -0.830. The third kappa shape index (κ3) is 6.24. The summed E-state index contributed by atoms with van der Waals surface area (Å²) in [6.07, 6.45) is 14.3. The van der Waals surface area contributed by atoms with E-state index in [-0.39, 0.29) is 0 Å². The zero-order valence-corrected chi connectivity index (χ0v) is 12.6. The molecule has 1 aromatic heterocycles. The fourth-order valence-electron chi connectivity index (χ4n) is 2.47. The molecule has 1 N–H and O–H groups in total. The van der Waals surface area contributed by atoms with Crippen molar-refractivity contribution in [1.82, 2.24) is 9.55 Å². The smallest absolute Gasteiger partial charge is 0.137 e. The average Bonchev–Trinajstić information content (AvgIpc) is 2.86. The van der Waals surface area contributed by atoms with E-state index >= 15 is 0 Å². The minimum atomic E-state index is -0.391. The van der Waals surface area contributed by atoms with Crippen LogP contribution in [0.2, 0.25) is 0 Å². The number of aryl methyl sites for hydroxylation is 1. The predicted octanol–water partition coefficient (Wildman–Crippen LogP) is 4.47. The Balaban J connectivity index is 2.16. The molecule has 1 rings (SSSR count). The first kappa shape index (κ1) is 16.2. The van der Waals surface area contributed by atoms with Gasteiger partial charge in [0.05, 0.1) is 0 Å². The third-order valence-corrected chi connectivity index (χ3v) is 3.59. The molecule has 1 heterocycles. The molecule has 0 aromatic carbocycles. The minimum Gasteiger partial charge on any atom is -0.385 e. The largest absolute Gasteiger partial charge is 0.385 e. The maximum Gasteiger partial charge on any atom is 0.137 e. The summed E-state index contributed by atoms with van der Waals surface area (Å²) in [5.41, 5.74) is 0. The van der Waals surface area contributed by atoms with Crippen LogP contribution < -0.4 is 0 Å². The summed E-state index contributed by atoms with van der Waals surface area (Å²) in [5.74, 6) is 0.841. The van der Waals surface area contributed by atoms with Crippen LogP contribution in [0.25, 0.3) is 0 Å². The molecule has 0 aliphatic rings. The van der Waals surface area contributed by atoms with Gasteiger partial charge < -0.3 is 9.67 Å². The first-order valence-corrected chi connectivity index (χ1v) is 7.98. The van der Waals surface area contributed by atoms with E-state index in [1.54, 1.807) is 6.20 Å². The molecular formula is C16H30N2O. The second kappa shape index (κ2) is 10.0. The first-order chi connectivity index (χ1) is 9.29. The van der Waals surface area contributed by atoms with Crippen molar-refractivity contribution >= 4 is 0 Å². The van der Waals surface area contributed by atoms with Gasteiger partial charge in [0.1, 0.15) is 11.9 Å². The SMILES string of the molecule is CCCCCCCCCC(O)c1nccn1CCC. The number of unbranched alkanes of at least 4 members (excludes halogenated alkanes) is 6. The second-order valence-corrected chi connectivity index (χ2v) is 5.40. The zero-order valence-electron chi connectivity index (χ0n) is 12.6. The van der Waals surface area contributed by atoms with Gasteiger partial charge in [-0.25, -0.2) is 4.98 Å². The molecule has 0 bridgehead atoms.